The van der Waals surface area contributed by atoms with Crippen LogP contribution >= 0.6 is 0 Å². The average molecular weight is 257 g/mol. The van der Waals surface area contributed by atoms with E-state index >= 15 is 0 Å². The first-order valence-corrected chi connectivity index (χ1v) is 4.69. The Labute approximate surface area is 95.9 Å². The molecule has 0 unspecified atom stereocenters. The van der Waals surface area contributed by atoms with Crippen LogP contribution in [0.2, 0.25) is 0 Å². The van der Waals surface area contributed by atoms with Gasteiger partial charge in [0.2, 0.25) is 0 Å². The van der Waals surface area contributed by atoms with Crippen molar-refractivity contribution in [3.8, 4) is 0 Å². The normalized spacial score (nSPS) is 14.2. The Morgan fingerprint density at radius 3 is 2.06 bits per heavy atom. The molecule has 0 aliphatic heterocycles. The third-order valence-corrected chi connectivity index (χ3v) is 1.48. The van der Waals surface area contributed by atoms with Crippen molar-refractivity contribution in [2.45, 2.75) is 38.7 Å². The van der Waals surface area contributed by atoms with Gasteiger partial charge in [-0.2, -0.15) is 13.2 Å². The molecule has 0 fully saturated rings. The highest BCUT2D eigenvalue weighted by atomic mass is 19.4. The highest BCUT2D eigenvalue weighted by molar-refractivity contribution is 5.82. The first kappa shape index (κ1) is 15.7. The molecule has 100 valence electrons. The van der Waals surface area contributed by atoms with E-state index < -0.39 is 36.3 Å². The number of rotatable bonds is 4. The van der Waals surface area contributed by atoms with Crippen LogP contribution in [0.3, 0.4) is 0 Å². The minimum absolute atomic E-state index is 0.745. The number of aliphatic carboxylic acids is 1. The Hall–Kier alpha value is -1.31. The summed E-state index contributed by atoms with van der Waals surface area (Å²) < 4.78 is 40.5. The van der Waals surface area contributed by atoms with Crippen molar-refractivity contribution in [2.24, 2.45) is 0 Å². The zero-order chi connectivity index (χ0) is 13.9. The lowest BCUT2D eigenvalue weighted by Gasteiger charge is -2.25. The van der Waals surface area contributed by atoms with Crippen molar-refractivity contribution in [1.29, 1.82) is 0 Å². The summed E-state index contributed by atoms with van der Waals surface area (Å²) in [6.45, 7) is 3.91. The van der Waals surface area contributed by atoms with Crippen molar-refractivity contribution in [1.82, 2.24) is 5.32 Å². The lowest BCUT2D eigenvalue weighted by Crippen LogP contribution is -2.46. The molecule has 0 radical (unpaired) electrons. The number of hydrogen-bond acceptors (Lipinski definition) is 3. The van der Waals surface area contributed by atoms with Crippen molar-refractivity contribution in [3.05, 3.63) is 0 Å². The van der Waals surface area contributed by atoms with Crippen molar-refractivity contribution >= 4 is 11.9 Å². The summed E-state index contributed by atoms with van der Waals surface area (Å²) in [5.74, 6) is -3.64. The molecular weight excluding hydrogens is 243 g/mol. The van der Waals surface area contributed by atoms with Crippen LogP contribution in [0.25, 0.3) is 0 Å². The Bertz CT molecular complexity index is 296. The minimum Gasteiger partial charge on any atom is -0.479 e. The van der Waals surface area contributed by atoms with Crippen LogP contribution in [0.15, 0.2) is 0 Å². The molecule has 8 heteroatoms. The van der Waals surface area contributed by atoms with Crippen LogP contribution in [0.4, 0.5) is 13.2 Å². The van der Waals surface area contributed by atoms with Crippen LogP contribution in [0.5, 0.6) is 0 Å². The van der Waals surface area contributed by atoms with E-state index in [1.165, 1.54) is 5.32 Å². The van der Waals surface area contributed by atoms with Crippen LogP contribution in [-0.4, -0.2) is 41.4 Å². The van der Waals surface area contributed by atoms with E-state index in [9.17, 15) is 22.8 Å². The summed E-state index contributed by atoms with van der Waals surface area (Å²) in [4.78, 5) is 21.2. The maximum absolute atomic E-state index is 11.8. The highest BCUT2D eigenvalue weighted by Gasteiger charge is 2.39. The van der Waals surface area contributed by atoms with E-state index in [0.717, 1.165) is 0 Å². The SMILES string of the molecule is CC(C)(C)O[C@@H](CNC(=O)C(F)(F)F)C(=O)O. The molecule has 0 aliphatic carbocycles. The lowest BCUT2D eigenvalue weighted by molar-refractivity contribution is -0.176. The van der Waals surface area contributed by atoms with E-state index in [0.29, 0.717) is 0 Å². The number of carbonyl (C=O) groups is 2. The summed E-state index contributed by atoms with van der Waals surface area (Å²) in [6, 6.07) is 0. The number of carboxylic acids is 1. The molecule has 1 amide bonds. The number of amides is 1. The smallest absolute Gasteiger partial charge is 0.471 e. The number of carbonyl (C=O) groups excluding carboxylic acids is 1. The Morgan fingerprint density at radius 1 is 1.29 bits per heavy atom. The molecule has 0 saturated carbocycles. The Balaban J connectivity index is 4.40. The first-order chi connectivity index (χ1) is 7.43. The average Bonchev–Trinajstić information content (AvgIpc) is 2.07. The summed E-state index contributed by atoms with van der Waals surface area (Å²) in [6.07, 6.45) is -6.56. The van der Waals surface area contributed by atoms with Crippen LogP contribution < -0.4 is 5.32 Å². The highest BCUT2D eigenvalue weighted by Crippen LogP contribution is 2.15. The van der Waals surface area contributed by atoms with Crippen LogP contribution in [0.1, 0.15) is 20.8 Å². The van der Waals surface area contributed by atoms with E-state index in [2.05, 4.69) is 0 Å². The third kappa shape index (κ3) is 6.77. The Kier molecular flexibility index (Phi) is 4.94. The lowest BCUT2D eigenvalue weighted by atomic mass is 10.2. The van der Waals surface area contributed by atoms with Gasteiger partial charge in [-0.25, -0.2) is 4.79 Å². The van der Waals surface area contributed by atoms with Crippen molar-refractivity contribution < 1.29 is 32.6 Å². The molecule has 0 heterocycles. The molecule has 0 rings (SSSR count). The number of carboxylic acid groups (broad SMARTS) is 1. The van der Waals surface area contributed by atoms with Crippen LogP contribution in [-0.2, 0) is 14.3 Å². The standard InChI is InChI=1S/C9H14F3NO4/c1-8(2,3)17-5(6(14)15)4-13-7(16)9(10,11)12/h5H,4H2,1-3H3,(H,13,16)(H,14,15)/t5-/m0/s1. The maximum Gasteiger partial charge on any atom is 0.471 e. The zero-order valence-corrected chi connectivity index (χ0v) is 9.59. The van der Waals surface area contributed by atoms with Gasteiger partial charge in [-0.3, -0.25) is 4.79 Å². The van der Waals surface area contributed by atoms with Gasteiger partial charge in [-0.15, -0.1) is 0 Å². The minimum atomic E-state index is -5.04. The third-order valence-electron chi connectivity index (χ3n) is 1.48. The molecule has 0 aromatic rings. The Morgan fingerprint density at radius 2 is 1.76 bits per heavy atom. The van der Waals surface area contributed by atoms with E-state index in [-0.39, 0.29) is 0 Å². The molecular formula is C9H14F3NO4. The topological polar surface area (TPSA) is 75.6 Å². The fraction of sp³-hybridized carbons (Fsp3) is 0.778. The largest absolute Gasteiger partial charge is 0.479 e. The number of ether oxygens (including phenoxy) is 1. The molecule has 1 atom stereocenters. The van der Waals surface area contributed by atoms with Gasteiger partial charge in [0.05, 0.1) is 12.1 Å². The van der Waals surface area contributed by atoms with Gasteiger partial charge in [-0.05, 0) is 20.8 Å². The molecule has 2 N–H and O–H groups in total. The predicted octanol–water partition coefficient (Wildman–Crippen LogP) is 0.933. The summed E-state index contributed by atoms with van der Waals surface area (Å²) >= 11 is 0. The predicted molar refractivity (Wildman–Crippen MR) is 51.3 cm³/mol. The number of halogens is 3. The van der Waals surface area contributed by atoms with Crippen LogP contribution in [0, 0.1) is 0 Å². The zero-order valence-electron chi connectivity index (χ0n) is 9.59. The summed E-state index contributed by atoms with van der Waals surface area (Å²) in [5, 5.41) is 10.2. The second kappa shape index (κ2) is 5.35. The molecule has 0 aliphatic rings. The van der Waals surface area contributed by atoms with Gasteiger partial charge in [0.25, 0.3) is 0 Å². The molecule has 0 aromatic heterocycles. The molecule has 0 aromatic carbocycles. The van der Waals surface area contributed by atoms with E-state index in [1.54, 1.807) is 20.8 Å². The molecule has 17 heavy (non-hydrogen) atoms. The first-order valence-electron chi connectivity index (χ1n) is 4.69. The van der Waals surface area contributed by atoms with Gasteiger partial charge in [-0.1, -0.05) is 0 Å². The van der Waals surface area contributed by atoms with Gasteiger partial charge in [0.1, 0.15) is 0 Å². The fourth-order valence-corrected chi connectivity index (χ4v) is 0.892. The van der Waals surface area contributed by atoms with Gasteiger partial charge in [0.15, 0.2) is 6.10 Å². The molecule has 5 nitrogen and oxygen atoms in total. The molecule has 0 spiro atoms. The molecule has 0 bridgehead atoms. The number of hydrogen-bond donors (Lipinski definition) is 2. The number of alkyl halides is 3. The van der Waals surface area contributed by atoms with E-state index in [1.807, 2.05) is 0 Å². The van der Waals surface area contributed by atoms with E-state index in [4.69, 9.17) is 9.84 Å². The second-order valence-corrected chi connectivity index (χ2v) is 4.26. The second-order valence-electron chi connectivity index (χ2n) is 4.26. The van der Waals surface area contributed by atoms with Gasteiger partial charge < -0.3 is 15.2 Å². The molecule has 0 saturated heterocycles. The van der Waals surface area contributed by atoms with Crippen molar-refractivity contribution in [3.63, 3.8) is 0 Å². The monoisotopic (exact) mass is 257 g/mol. The van der Waals surface area contributed by atoms with Crippen molar-refractivity contribution in [2.75, 3.05) is 6.54 Å². The summed E-state index contributed by atoms with van der Waals surface area (Å²) in [7, 11) is 0. The maximum atomic E-state index is 11.8. The quantitative estimate of drug-likeness (QED) is 0.785. The number of nitrogens with one attached hydrogen (secondary N) is 1. The van der Waals surface area contributed by atoms with Gasteiger partial charge >= 0.3 is 18.1 Å². The van der Waals surface area contributed by atoms with Gasteiger partial charge in [0, 0.05) is 0 Å². The summed E-state index contributed by atoms with van der Waals surface area (Å²) in [5.41, 5.74) is -0.841. The fourth-order valence-electron chi connectivity index (χ4n) is 0.892.